The van der Waals surface area contributed by atoms with E-state index in [2.05, 4.69) is 188 Å². The molecule has 14 aromatic rings. The SMILES string of the molecule is CC1(C)c2ccccc2-c2c(-c3cccc(-c4cccc5c6cc(-c7cccc8c7oc7ccccc78)ccc6n(-c6nc(-c7ccccc7)nc(-c7ccc8c(c7)oc7ccccc78)n6)c45)c3)cccc21. The zero-order valence-electron chi connectivity index (χ0n) is 39.4. The molecule has 0 fully saturated rings. The summed E-state index contributed by atoms with van der Waals surface area (Å²) in [6.07, 6.45) is 0. The van der Waals surface area contributed by atoms with Gasteiger partial charge in [-0.3, -0.25) is 4.57 Å². The Morgan fingerprint density at radius 3 is 1.78 bits per heavy atom. The molecule has 0 saturated heterocycles. The molecule has 4 heterocycles. The Morgan fingerprint density at radius 2 is 0.931 bits per heavy atom. The van der Waals surface area contributed by atoms with Crippen LogP contribution in [0.1, 0.15) is 25.0 Å². The lowest BCUT2D eigenvalue weighted by atomic mass is 9.82. The normalized spacial score (nSPS) is 13.0. The standard InChI is InChI=1S/C66H42N4O2/c1-66(2)54-28-9-6-22-52(54)60-44(23-15-29-55(60)66)40-18-12-19-41(36-40)45-24-13-26-50-53-37-42(46-25-14-27-51-48-21-8-11-31-58(48)72-62(46)51)33-35-56(53)70(61(45)50)65-68-63(39-16-4-3-5-17-39)67-64(69-65)43-32-34-49-47-20-7-10-30-57(47)71-59(49)38-43/h3-38H,1-2H3. The van der Waals surface area contributed by atoms with Gasteiger partial charge in [0.15, 0.2) is 11.6 Å². The Labute approximate surface area is 414 Å². The zero-order valence-corrected chi connectivity index (χ0v) is 39.4. The summed E-state index contributed by atoms with van der Waals surface area (Å²) in [5, 5.41) is 6.46. The van der Waals surface area contributed by atoms with Crippen LogP contribution in [0.4, 0.5) is 0 Å². The highest BCUT2D eigenvalue weighted by Crippen LogP contribution is 2.52. The molecule has 0 bridgehead atoms. The number of hydrogen-bond acceptors (Lipinski definition) is 5. The van der Waals surface area contributed by atoms with E-state index in [1.54, 1.807) is 0 Å². The van der Waals surface area contributed by atoms with Gasteiger partial charge in [-0.2, -0.15) is 9.97 Å². The first-order valence-electron chi connectivity index (χ1n) is 24.5. The third-order valence-corrected chi connectivity index (χ3v) is 15.1. The number of aromatic nitrogens is 4. The molecular weight excluding hydrogens is 881 g/mol. The fourth-order valence-electron chi connectivity index (χ4n) is 11.7. The maximum absolute atomic E-state index is 6.61. The molecule has 0 N–H and O–H groups in total. The van der Waals surface area contributed by atoms with Crippen molar-refractivity contribution >= 4 is 65.7 Å². The molecule has 6 nitrogen and oxygen atoms in total. The fourth-order valence-corrected chi connectivity index (χ4v) is 11.7. The first-order chi connectivity index (χ1) is 35.4. The highest BCUT2D eigenvalue weighted by Gasteiger charge is 2.36. The van der Waals surface area contributed by atoms with Crippen molar-refractivity contribution in [2.24, 2.45) is 0 Å². The monoisotopic (exact) mass is 922 g/mol. The van der Waals surface area contributed by atoms with Crippen molar-refractivity contribution in [3.8, 4) is 73.2 Å². The average Bonchev–Trinajstić information content (AvgIpc) is 4.17. The van der Waals surface area contributed by atoms with Crippen LogP contribution in [-0.2, 0) is 5.41 Å². The van der Waals surface area contributed by atoms with Gasteiger partial charge in [0.05, 0.1) is 11.0 Å². The number of benzene rings is 10. The van der Waals surface area contributed by atoms with Crippen molar-refractivity contribution in [3.63, 3.8) is 0 Å². The molecule has 1 aliphatic carbocycles. The van der Waals surface area contributed by atoms with Crippen LogP contribution in [-0.4, -0.2) is 19.5 Å². The summed E-state index contributed by atoms with van der Waals surface area (Å²) in [5.74, 6) is 1.63. The topological polar surface area (TPSA) is 69.9 Å². The maximum Gasteiger partial charge on any atom is 0.238 e. The van der Waals surface area contributed by atoms with Gasteiger partial charge >= 0.3 is 0 Å². The first kappa shape index (κ1) is 40.5. The van der Waals surface area contributed by atoms with Crippen LogP contribution in [0, 0.1) is 0 Å². The average molecular weight is 923 g/mol. The molecule has 0 atom stereocenters. The summed E-state index contributed by atoms with van der Waals surface area (Å²) in [4.78, 5) is 16.0. The predicted octanol–water partition coefficient (Wildman–Crippen LogP) is 17.4. The highest BCUT2D eigenvalue weighted by molar-refractivity contribution is 6.16. The Bertz CT molecular complexity index is 4550. The van der Waals surface area contributed by atoms with E-state index in [1.165, 1.54) is 27.8 Å². The number of fused-ring (bicyclic) bond motifs is 12. The smallest absolute Gasteiger partial charge is 0.238 e. The summed E-state index contributed by atoms with van der Waals surface area (Å²) < 4.78 is 15.3. The van der Waals surface area contributed by atoms with Crippen LogP contribution >= 0.6 is 0 Å². The van der Waals surface area contributed by atoms with Crippen molar-refractivity contribution in [2.45, 2.75) is 19.3 Å². The van der Waals surface area contributed by atoms with Gasteiger partial charge in [0.1, 0.15) is 22.3 Å². The highest BCUT2D eigenvalue weighted by atomic mass is 16.3. The van der Waals surface area contributed by atoms with E-state index < -0.39 is 0 Å². The van der Waals surface area contributed by atoms with Crippen molar-refractivity contribution in [1.29, 1.82) is 0 Å². The number of nitrogens with zero attached hydrogens (tertiary/aromatic N) is 4. The fraction of sp³-hybridized carbons (Fsp3) is 0.0455. The van der Waals surface area contributed by atoms with E-state index in [1.807, 2.05) is 48.5 Å². The second-order valence-corrected chi connectivity index (χ2v) is 19.5. The summed E-state index contributed by atoms with van der Waals surface area (Å²) in [6.45, 7) is 4.68. The first-order valence-corrected chi connectivity index (χ1v) is 24.5. The van der Waals surface area contributed by atoms with Crippen LogP contribution in [0.25, 0.3) is 139 Å². The largest absolute Gasteiger partial charge is 0.456 e. The van der Waals surface area contributed by atoms with Crippen molar-refractivity contribution < 1.29 is 8.83 Å². The minimum Gasteiger partial charge on any atom is -0.456 e. The van der Waals surface area contributed by atoms with Gasteiger partial charge in [0.25, 0.3) is 0 Å². The van der Waals surface area contributed by atoms with Gasteiger partial charge in [0.2, 0.25) is 5.95 Å². The molecule has 0 amide bonds. The van der Waals surface area contributed by atoms with Crippen LogP contribution in [0.5, 0.6) is 0 Å². The van der Waals surface area contributed by atoms with Crippen LogP contribution in [0.15, 0.2) is 227 Å². The van der Waals surface area contributed by atoms with Gasteiger partial charge in [-0.05, 0) is 87.0 Å². The van der Waals surface area contributed by atoms with Gasteiger partial charge < -0.3 is 8.83 Å². The molecule has 15 rings (SSSR count). The van der Waals surface area contributed by atoms with E-state index in [-0.39, 0.29) is 5.41 Å². The lowest BCUT2D eigenvalue weighted by Gasteiger charge is -2.21. The number of rotatable bonds is 6. The molecule has 72 heavy (non-hydrogen) atoms. The van der Waals surface area contributed by atoms with Crippen LogP contribution < -0.4 is 0 Å². The zero-order chi connectivity index (χ0) is 47.7. The Hall–Kier alpha value is -9.39. The van der Waals surface area contributed by atoms with Crippen molar-refractivity contribution in [3.05, 3.63) is 230 Å². The van der Waals surface area contributed by atoms with Gasteiger partial charge in [-0.15, -0.1) is 0 Å². The van der Waals surface area contributed by atoms with Gasteiger partial charge in [-0.25, -0.2) is 4.98 Å². The second-order valence-electron chi connectivity index (χ2n) is 19.5. The van der Waals surface area contributed by atoms with Crippen LogP contribution in [0.3, 0.4) is 0 Å². The molecule has 10 aromatic carbocycles. The minimum atomic E-state index is -0.110. The Balaban J connectivity index is 0.989. The molecule has 1 aliphatic rings. The predicted molar refractivity (Wildman–Crippen MR) is 293 cm³/mol. The van der Waals surface area contributed by atoms with Crippen LogP contribution in [0.2, 0.25) is 0 Å². The van der Waals surface area contributed by atoms with E-state index in [0.29, 0.717) is 17.6 Å². The molecule has 0 saturated carbocycles. The molecular formula is C66H42N4O2. The van der Waals surface area contributed by atoms with E-state index in [9.17, 15) is 0 Å². The van der Waals surface area contributed by atoms with E-state index in [4.69, 9.17) is 23.8 Å². The second kappa shape index (κ2) is 15.3. The maximum atomic E-state index is 6.61. The number of furan rings is 2. The summed E-state index contributed by atoms with van der Waals surface area (Å²) in [7, 11) is 0. The molecule has 0 spiro atoms. The lowest BCUT2D eigenvalue weighted by molar-refractivity contribution is 0.660. The molecule has 6 heteroatoms. The Kier molecular flexibility index (Phi) is 8.61. The number of para-hydroxylation sites is 4. The van der Waals surface area contributed by atoms with E-state index >= 15 is 0 Å². The third-order valence-electron chi connectivity index (χ3n) is 15.1. The quantitative estimate of drug-likeness (QED) is 0.166. The Morgan fingerprint density at radius 1 is 0.361 bits per heavy atom. The summed E-state index contributed by atoms with van der Waals surface area (Å²) in [6, 6.07) is 77.3. The van der Waals surface area contributed by atoms with Gasteiger partial charge in [-0.1, -0.05) is 190 Å². The van der Waals surface area contributed by atoms with E-state index in [0.717, 1.165) is 105 Å². The third kappa shape index (κ3) is 5.99. The molecule has 0 aliphatic heterocycles. The van der Waals surface area contributed by atoms with Crippen molar-refractivity contribution in [1.82, 2.24) is 19.5 Å². The summed E-state index contributed by atoms with van der Waals surface area (Å²) in [5.41, 5.74) is 18.9. The molecule has 338 valence electrons. The molecule has 0 radical (unpaired) electrons. The summed E-state index contributed by atoms with van der Waals surface area (Å²) >= 11 is 0. The van der Waals surface area contributed by atoms with Gasteiger partial charge in [0, 0.05) is 60.0 Å². The lowest BCUT2D eigenvalue weighted by Crippen LogP contribution is -2.14. The van der Waals surface area contributed by atoms with Crippen molar-refractivity contribution in [2.75, 3.05) is 0 Å². The number of hydrogen-bond donors (Lipinski definition) is 0. The molecule has 0 unspecified atom stereocenters. The minimum absolute atomic E-state index is 0.110. The molecule has 4 aromatic heterocycles.